The third-order valence-electron chi connectivity index (χ3n) is 4.71. The molecule has 1 atom stereocenters. The monoisotopic (exact) mass is 409 g/mol. The van der Waals surface area contributed by atoms with Crippen LogP contribution in [-0.4, -0.2) is 40.8 Å². The van der Waals surface area contributed by atoms with Gasteiger partial charge in [-0.15, -0.1) is 10.2 Å². The number of furan rings is 1. The van der Waals surface area contributed by atoms with Gasteiger partial charge in [0.1, 0.15) is 23.6 Å². The number of rotatable bonds is 6. The van der Waals surface area contributed by atoms with Gasteiger partial charge in [0, 0.05) is 0 Å². The number of nitrogens with two attached hydrogens (primary N) is 1. The maximum atomic E-state index is 12.8. The molecule has 1 amide bonds. The first-order valence-electron chi connectivity index (χ1n) is 9.13. The van der Waals surface area contributed by atoms with Crippen LogP contribution in [0.2, 0.25) is 0 Å². The maximum Gasteiger partial charge on any atom is 0.265 e. The molecule has 3 heterocycles. The highest BCUT2D eigenvalue weighted by atomic mass is 16.3. The topological polar surface area (TPSA) is 155 Å². The molecule has 3 N–H and O–H groups in total. The Balaban J connectivity index is 1.56. The van der Waals surface area contributed by atoms with Crippen molar-refractivity contribution in [2.45, 2.75) is 33.0 Å². The molecule has 1 aromatic carbocycles. The van der Waals surface area contributed by atoms with Crippen molar-refractivity contribution < 1.29 is 14.3 Å². The summed E-state index contributed by atoms with van der Waals surface area (Å²) >= 11 is 0. The van der Waals surface area contributed by atoms with E-state index < -0.39 is 17.6 Å². The molecule has 0 bridgehead atoms. The minimum absolute atomic E-state index is 0.00897. The Morgan fingerprint density at radius 1 is 1.27 bits per heavy atom. The van der Waals surface area contributed by atoms with Crippen LogP contribution in [0.4, 0.5) is 0 Å². The van der Waals surface area contributed by atoms with Gasteiger partial charge in [-0.1, -0.05) is 29.8 Å². The van der Waals surface area contributed by atoms with Gasteiger partial charge < -0.3 is 15.3 Å². The predicted octanol–water partition coefficient (Wildman–Crippen LogP) is 0.474. The molecule has 0 aliphatic heterocycles. The number of nitrogens with zero attached hydrogens (tertiary/aromatic N) is 6. The normalized spacial score (nSPS) is 12.4. The Morgan fingerprint density at radius 2 is 2.00 bits per heavy atom. The van der Waals surface area contributed by atoms with Gasteiger partial charge in [-0.05, 0) is 24.6 Å². The van der Waals surface area contributed by atoms with E-state index in [2.05, 4.69) is 20.4 Å². The minimum atomic E-state index is -0.805. The van der Waals surface area contributed by atoms with Gasteiger partial charge in [-0.2, -0.15) is 4.80 Å². The first-order valence-corrected chi connectivity index (χ1v) is 9.13. The summed E-state index contributed by atoms with van der Waals surface area (Å²) in [6, 6.07) is 7.49. The van der Waals surface area contributed by atoms with Gasteiger partial charge in [0.15, 0.2) is 5.82 Å². The van der Waals surface area contributed by atoms with E-state index in [-0.39, 0.29) is 41.3 Å². The Bertz CT molecular complexity index is 1290. The zero-order valence-electron chi connectivity index (χ0n) is 16.3. The highest BCUT2D eigenvalue weighted by Crippen LogP contribution is 2.20. The molecule has 0 spiro atoms. The second kappa shape index (κ2) is 7.52. The van der Waals surface area contributed by atoms with E-state index in [9.17, 15) is 14.7 Å². The summed E-state index contributed by atoms with van der Waals surface area (Å²) in [6.07, 6.45) is 0.473. The minimum Gasteiger partial charge on any atom is -0.442 e. The van der Waals surface area contributed by atoms with Gasteiger partial charge in [0.05, 0.1) is 18.7 Å². The van der Waals surface area contributed by atoms with E-state index >= 15 is 0 Å². The van der Waals surface area contributed by atoms with Crippen LogP contribution in [-0.2, 0) is 13.1 Å². The van der Waals surface area contributed by atoms with E-state index in [1.54, 1.807) is 0 Å². The first-order chi connectivity index (χ1) is 14.3. The van der Waals surface area contributed by atoms with Crippen LogP contribution in [0.15, 0.2) is 39.8 Å². The average Bonchev–Trinajstić information content (AvgIpc) is 3.28. The van der Waals surface area contributed by atoms with Crippen molar-refractivity contribution in [3.63, 3.8) is 0 Å². The van der Waals surface area contributed by atoms with Crippen LogP contribution in [0.3, 0.4) is 0 Å². The summed E-state index contributed by atoms with van der Waals surface area (Å²) in [7, 11) is 0. The molecule has 11 heteroatoms. The van der Waals surface area contributed by atoms with E-state index in [4.69, 9.17) is 10.2 Å². The number of aromatic nitrogens is 6. The van der Waals surface area contributed by atoms with Crippen molar-refractivity contribution in [2.24, 2.45) is 5.73 Å². The summed E-state index contributed by atoms with van der Waals surface area (Å²) in [5.74, 6) is -0.290. The predicted molar refractivity (Wildman–Crippen MR) is 105 cm³/mol. The SMILES string of the molecule is Cc1ccc(C(O)Cn2nnc(Cn3cnc4oc(C)c(C(N)=O)c4c3=O)n2)cc1. The number of hydrogen-bond acceptors (Lipinski definition) is 8. The van der Waals surface area contributed by atoms with Crippen molar-refractivity contribution in [3.05, 3.63) is 69.2 Å². The van der Waals surface area contributed by atoms with Crippen LogP contribution >= 0.6 is 0 Å². The molecule has 30 heavy (non-hydrogen) atoms. The molecule has 1 unspecified atom stereocenters. The standard InChI is InChI=1S/C19H19N7O4/c1-10-3-5-12(6-4-10)13(27)7-26-23-14(22-24-26)8-25-9-21-18-16(19(25)29)15(17(20)28)11(2)30-18/h3-6,9,13,27H,7-8H2,1-2H3,(H2,20,28). The summed E-state index contributed by atoms with van der Waals surface area (Å²) < 4.78 is 6.58. The largest absolute Gasteiger partial charge is 0.442 e. The maximum absolute atomic E-state index is 12.8. The van der Waals surface area contributed by atoms with Crippen molar-refractivity contribution in [2.75, 3.05) is 0 Å². The van der Waals surface area contributed by atoms with Crippen LogP contribution < -0.4 is 11.3 Å². The highest BCUT2D eigenvalue weighted by Gasteiger charge is 2.21. The third kappa shape index (κ3) is 3.57. The molecule has 3 aromatic heterocycles. The molecule has 11 nitrogen and oxygen atoms in total. The van der Waals surface area contributed by atoms with Crippen molar-refractivity contribution in [1.29, 1.82) is 0 Å². The number of benzene rings is 1. The first kappa shape index (κ1) is 19.5. The van der Waals surface area contributed by atoms with E-state index in [0.717, 1.165) is 11.1 Å². The molecule has 0 radical (unpaired) electrons. The molecule has 0 fully saturated rings. The average molecular weight is 409 g/mol. The number of amides is 1. The smallest absolute Gasteiger partial charge is 0.265 e. The summed E-state index contributed by atoms with van der Waals surface area (Å²) in [5, 5.41) is 22.4. The number of carbonyl (C=O) groups excluding carboxylic acids is 1. The second-order valence-corrected chi connectivity index (χ2v) is 6.94. The summed E-state index contributed by atoms with van der Waals surface area (Å²) in [5.41, 5.74) is 6.75. The zero-order valence-corrected chi connectivity index (χ0v) is 16.3. The highest BCUT2D eigenvalue weighted by molar-refractivity contribution is 6.05. The number of hydrogen-bond donors (Lipinski definition) is 2. The van der Waals surface area contributed by atoms with Gasteiger partial charge in [0.2, 0.25) is 5.71 Å². The molecule has 0 saturated heterocycles. The van der Waals surface area contributed by atoms with E-state index in [1.807, 2.05) is 31.2 Å². The van der Waals surface area contributed by atoms with Crippen LogP contribution in [0.25, 0.3) is 11.1 Å². The number of carbonyl (C=O) groups is 1. The molecule has 0 saturated carbocycles. The van der Waals surface area contributed by atoms with Crippen molar-refractivity contribution in [1.82, 2.24) is 29.8 Å². The van der Waals surface area contributed by atoms with Gasteiger partial charge in [-0.25, -0.2) is 4.98 Å². The number of aliphatic hydroxyl groups is 1. The number of fused-ring (bicyclic) bond motifs is 1. The second-order valence-electron chi connectivity index (χ2n) is 6.94. The lowest BCUT2D eigenvalue weighted by molar-refractivity contribution is 0.1000. The Hall–Kier alpha value is -3.86. The molecule has 4 rings (SSSR count). The van der Waals surface area contributed by atoms with Crippen molar-refractivity contribution in [3.8, 4) is 0 Å². The van der Waals surface area contributed by atoms with Crippen LogP contribution in [0.1, 0.15) is 39.2 Å². The van der Waals surface area contributed by atoms with Gasteiger partial charge in [0.25, 0.3) is 11.5 Å². The summed E-state index contributed by atoms with van der Waals surface area (Å²) in [6.45, 7) is 3.59. The zero-order chi connectivity index (χ0) is 21.4. The lowest BCUT2D eigenvalue weighted by atomic mass is 10.1. The quantitative estimate of drug-likeness (QED) is 0.466. The molecule has 0 aliphatic carbocycles. The fraction of sp³-hybridized carbons (Fsp3) is 0.263. The molecule has 154 valence electrons. The van der Waals surface area contributed by atoms with Crippen LogP contribution in [0, 0.1) is 13.8 Å². The summed E-state index contributed by atoms with van der Waals surface area (Å²) in [4.78, 5) is 29.8. The molecular formula is C19H19N7O4. The Labute approximate surface area is 169 Å². The molecule has 0 aliphatic rings. The lowest BCUT2D eigenvalue weighted by Crippen LogP contribution is -2.24. The van der Waals surface area contributed by atoms with Gasteiger partial charge >= 0.3 is 0 Å². The number of tetrazole rings is 1. The third-order valence-corrected chi connectivity index (χ3v) is 4.71. The lowest BCUT2D eigenvalue weighted by Gasteiger charge is -2.09. The number of aliphatic hydroxyl groups excluding tert-OH is 1. The number of primary amides is 1. The fourth-order valence-electron chi connectivity index (χ4n) is 3.16. The Kier molecular flexibility index (Phi) is 4.88. The Morgan fingerprint density at radius 3 is 2.70 bits per heavy atom. The van der Waals surface area contributed by atoms with Gasteiger partial charge in [-0.3, -0.25) is 14.2 Å². The van der Waals surface area contributed by atoms with E-state index in [0.29, 0.717) is 0 Å². The molecular weight excluding hydrogens is 390 g/mol. The fourth-order valence-corrected chi connectivity index (χ4v) is 3.16. The molecule has 4 aromatic rings. The van der Waals surface area contributed by atoms with E-state index in [1.165, 1.54) is 22.6 Å². The van der Waals surface area contributed by atoms with Crippen molar-refractivity contribution >= 4 is 17.0 Å². The van der Waals surface area contributed by atoms with Crippen LogP contribution in [0.5, 0.6) is 0 Å². The number of aryl methyl sites for hydroxylation is 2.